The van der Waals surface area contributed by atoms with Crippen molar-refractivity contribution in [2.24, 2.45) is 0 Å². The van der Waals surface area contributed by atoms with Gasteiger partial charge in [-0.05, 0) is 23.8 Å². The van der Waals surface area contributed by atoms with E-state index >= 15 is 0 Å². The topological polar surface area (TPSA) is 52.0 Å². The van der Waals surface area contributed by atoms with Crippen molar-refractivity contribution in [2.75, 3.05) is 0 Å². The van der Waals surface area contributed by atoms with Crippen LogP contribution in [0.2, 0.25) is 0 Å². The first-order chi connectivity index (χ1) is 8.81. The minimum atomic E-state index is -0.0367. The van der Waals surface area contributed by atoms with Crippen molar-refractivity contribution in [3.63, 3.8) is 0 Å². The third-order valence-electron chi connectivity index (χ3n) is 2.67. The molecule has 1 aromatic carbocycles. The first kappa shape index (κ1) is 11.4. The van der Waals surface area contributed by atoms with Crippen LogP contribution in [0.3, 0.4) is 0 Å². The Morgan fingerprint density at radius 3 is 2.89 bits per heavy atom. The molecule has 1 unspecified atom stereocenters. The highest BCUT2D eigenvalue weighted by atomic mass is 79.9. The summed E-state index contributed by atoms with van der Waals surface area (Å²) in [5.74, 6) is 0. The number of halogens is 1. The van der Waals surface area contributed by atoms with E-state index in [4.69, 9.17) is 4.84 Å². The molecule has 1 atom stereocenters. The van der Waals surface area contributed by atoms with Gasteiger partial charge in [0, 0.05) is 10.7 Å². The predicted molar refractivity (Wildman–Crippen MR) is 70.1 cm³/mol. The van der Waals surface area contributed by atoms with Gasteiger partial charge in [0.25, 0.3) is 0 Å². The fraction of sp³-hybridized carbons (Fsp3) is 0.167. The summed E-state index contributed by atoms with van der Waals surface area (Å²) < 4.78 is 2.80. The number of nitrogens with one attached hydrogen (secondary N) is 1. The fourth-order valence-electron chi connectivity index (χ4n) is 1.78. The Hall–Kier alpha value is -1.66. The average Bonchev–Trinajstić information content (AvgIpc) is 3.02. The third-order valence-corrected chi connectivity index (χ3v) is 3.20. The summed E-state index contributed by atoms with van der Waals surface area (Å²) in [5.41, 5.74) is 5.01. The molecule has 0 fully saturated rings. The average molecular weight is 307 g/mol. The minimum absolute atomic E-state index is 0.0367. The molecular formula is C12H11BrN4O. The standard InChI is InChI=1S/C12H11BrN4O/c13-10-3-1-9(2-4-10)12-7-11(18-15-12)8-17-6-5-14-16-17/h1-7,11,15H,8H2. The largest absolute Gasteiger partial charge is 0.267 e. The molecule has 2 heterocycles. The van der Waals surface area contributed by atoms with Crippen molar-refractivity contribution >= 4 is 21.6 Å². The molecule has 3 rings (SSSR count). The van der Waals surface area contributed by atoms with Crippen LogP contribution in [0.4, 0.5) is 0 Å². The maximum absolute atomic E-state index is 5.48. The van der Waals surface area contributed by atoms with Crippen LogP contribution in [0.25, 0.3) is 5.70 Å². The van der Waals surface area contributed by atoms with Crippen LogP contribution in [-0.2, 0) is 11.4 Å². The van der Waals surface area contributed by atoms with E-state index in [-0.39, 0.29) is 6.10 Å². The van der Waals surface area contributed by atoms with E-state index in [0.29, 0.717) is 6.54 Å². The molecular weight excluding hydrogens is 296 g/mol. The molecule has 0 aliphatic carbocycles. The van der Waals surface area contributed by atoms with Crippen molar-refractivity contribution in [3.05, 3.63) is 52.8 Å². The van der Waals surface area contributed by atoms with E-state index in [2.05, 4.69) is 31.7 Å². The van der Waals surface area contributed by atoms with Gasteiger partial charge in [0.1, 0.15) is 6.10 Å². The Labute approximate surface area is 113 Å². The second kappa shape index (κ2) is 4.91. The number of benzene rings is 1. The lowest BCUT2D eigenvalue weighted by Crippen LogP contribution is -2.18. The smallest absolute Gasteiger partial charge is 0.125 e. The van der Waals surface area contributed by atoms with Crippen molar-refractivity contribution < 1.29 is 4.84 Å². The summed E-state index contributed by atoms with van der Waals surface area (Å²) in [5, 5.41) is 7.67. The molecule has 0 amide bonds. The molecule has 1 aliphatic heterocycles. The van der Waals surface area contributed by atoms with E-state index in [9.17, 15) is 0 Å². The number of hydrogen-bond donors (Lipinski definition) is 1. The number of nitrogens with zero attached hydrogens (tertiary/aromatic N) is 3. The van der Waals surface area contributed by atoms with Gasteiger partial charge in [0.15, 0.2) is 0 Å². The first-order valence-electron chi connectivity index (χ1n) is 5.55. The van der Waals surface area contributed by atoms with Crippen molar-refractivity contribution in [2.45, 2.75) is 12.6 Å². The maximum atomic E-state index is 5.48. The zero-order valence-corrected chi connectivity index (χ0v) is 11.0. The van der Waals surface area contributed by atoms with Crippen molar-refractivity contribution in [3.8, 4) is 0 Å². The van der Waals surface area contributed by atoms with Gasteiger partial charge in [-0.1, -0.05) is 33.3 Å². The lowest BCUT2D eigenvalue weighted by molar-refractivity contribution is 0.0395. The van der Waals surface area contributed by atoms with Crippen molar-refractivity contribution in [1.82, 2.24) is 20.5 Å². The molecule has 2 aromatic rings. The van der Waals surface area contributed by atoms with E-state index in [0.717, 1.165) is 15.7 Å². The first-order valence-corrected chi connectivity index (χ1v) is 6.34. The van der Waals surface area contributed by atoms with Gasteiger partial charge in [-0.3, -0.25) is 10.3 Å². The Morgan fingerprint density at radius 2 is 2.17 bits per heavy atom. The van der Waals surface area contributed by atoms with Crippen LogP contribution < -0.4 is 5.48 Å². The van der Waals surface area contributed by atoms with Crippen LogP contribution in [0, 0.1) is 0 Å². The Kier molecular flexibility index (Phi) is 3.12. The van der Waals surface area contributed by atoms with Gasteiger partial charge >= 0.3 is 0 Å². The molecule has 0 saturated carbocycles. The molecule has 1 N–H and O–H groups in total. The lowest BCUT2D eigenvalue weighted by atomic mass is 10.1. The SMILES string of the molecule is Brc1ccc(C2=CC(Cn3ccnn3)ON2)cc1. The van der Waals surface area contributed by atoms with Gasteiger partial charge in [0.05, 0.1) is 18.4 Å². The second-order valence-electron chi connectivity index (χ2n) is 3.97. The van der Waals surface area contributed by atoms with Gasteiger partial charge in [0.2, 0.25) is 0 Å². The summed E-state index contributed by atoms with van der Waals surface area (Å²) in [6.07, 6.45) is 5.48. The molecule has 1 aromatic heterocycles. The number of aromatic nitrogens is 3. The van der Waals surface area contributed by atoms with Gasteiger partial charge < -0.3 is 0 Å². The number of rotatable bonds is 3. The fourth-order valence-corrected chi connectivity index (χ4v) is 2.05. The van der Waals surface area contributed by atoms with E-state index in [1.807, 2.05) is 36.5 Å². The lowest BCUT2D eigenvalue weighted by Gasteiger charge is -2.06. The zero-order valence-electron chi connectivity index (χ0n) is 9.45. The van der Waals surface area contributed by atoms with Crippen molar-refractivity contribution in [1.29, 1.82) is 0 Å². The van der Waals surface area contributed by atoms with Crippen LogP contribution in [0.15, 0.2) is 47.2 Å². The Morgan fingerprint density at radius 1 is 1.33 bits per heavy atom. The molecule has 1 aliphatic rings. The van der Waals surface area contributed by atoms with Gasteiger partial charge in [-0.2, -0.15) is 0 Å². The van der Waals surface area contributed by atoms with Crippen LogP contribution in [0.1, 0.15) is 5.56 Å². The number of hydroxylamine groups is 1. The monoisotopic (exact) mass is 306 g/mol. The highest BCUT2D eigenvalue weighted by Crippen LogP contribution is 2.21. The van der Waals surface area contributed by atoms with E-state index < -0.39 is 0 Å². The molecule has 6 heteroatoms. The molecule has 0 radical (unpaired) electrons. The van der Waals surface area contributed by atoms with Crippen LogP contribution in [-0.4, -0.2) is 21.1 Å². The maximum Gasteiger partial charge on any atom is 0.125 e. The highest BCUT2D eigenvalue weighted by Gasteiger charge is 2.18. The highest BCUT2D eigenvalue weighted by molar-refractivity contribution is 9.10. The predicted octanol–water partition coefficient (Wildman–Crippen LogP) is 1.99. The minimum Gasteiger partial charge on any atom is -0.267 e. The number of hydrogen-bond acceptors (Lipinski definition) is 4. The zero-order chi connectivity index (χ0) is 12.4. The van der Waals surface area contributed by atoms with Gasteiger partial charge in [-0.15, -0.1) is 5.10 Å². The molecule has 0 saturated heterocycles. The summed E-state index contributed by atoms with van der Waals surface area (Å²) in [7, 11) is 0. The molecule has 0 spiro atoms. The van der Waals surface area contributed by atoms with Crippen LogP contribution >= 0.6 is 15.9 Å². The third kappa shape index (κ3) is 2.44. The molecule has 0 bridgehead atoms. The van der Waals surface area contributed by atoms with E-state index in [1.165, 1.54) is 0 Å². The Balaban J connectivity index is 1.73. The van der Waals surface area contributed by atoms with E-state index in [1.54, 1.807) is 10.9 Å². The molecule has 5 nitrogen and oxygen atoms in total. The molecule has 18 heavy (non-hydrogen) atoms. The quantitative estimate of drug-likeness (QED) is 0.942. The second-order valence-corrected chi connectivity index (χ2v) is 4.89. The summed E-state index contributed by atoms with van der Waals surface area (Å²) in [6.45, 7) is 0.646. The summed E-state index contributed by atoms with van der Waals surface area (Å²) >= 11 is 3.42. The summed E-state index contributed by atoms with van der Waals surface area (Å²) in [6, 6.07) is 8.07. The van der Waals surface area contributed by atoms with Gasteiger partial charge in [-0.25, -0.2) is 4.68 Å². The molecule has 92 valence electrons. The normalized spacial score (nSPS) is 18.5. The van der Waals surface area contributed by atoms with Crippen LogP contribution in [0.5, 0.6) is 0 Å². The Bertz CT molecular complexity index is 550. The summed E-state index contributed by atoms with van der Waals surface area (Å²) in [4.78, 5) is 5.48.